The standard InChI is InChI=1S/C18H21N5O/c1-13(2)23(12-15-7-5-4-6-8-15)18-19-10-9-16(21-18)20-17-11-14(3)24-22-17/h4-11,13H,12H2,1-3H3,(H,19,20,21,22). The molecule has 6 heteroatoms. The number of nitrogens with one attached hydrogen (secondary N) is 1. The maximum atomic E-state index is 5.07. The molecule has 0 aliphatic carbocycles. The molecule has 0 saturated heterocycles. The van der Waals surface area contributed by atoms with Gasteiger partial charge in [-0.05, 0) is 32.4 Å². The molecule has 0 aliphatic heterocycles. The lowest BCUT2D eigenvalue weighted by Gasteiger charge is -2.27. The highest BCUT2D eigenvalue weighted by atomic mass is 16.5. The van der Waals surface area contributed by atoms with Crippen LogP contribution in [0.25, 0.3) is 0 Å². The van der Waals surface area contributed by atoms with Crippen LogP contribution in [-0.4, -0.2) is 21.2 Å². The first-order chi connectivity index (χ1) is 11.6. The van der Waals surface area contributed by atoms with Crippen molar-refractivity contribution in [3.63, 3.8) is 0 Å². The third-order valence-corrected chi connectivity index (χ3v) is 3.60. The molecule has 0 radical (unpaired) electrons. The van der Waals surface area contributed by atoms with Crippen molar-refractivity contribution in [2.24, 2.45) is 0 Å². The van der Waals surface area contributed by atoms with E-state index in [-0.39, 0.29) is 6.04 Å². The summed E-state index contributed by atoms with van der Waals surface area (Å²) in [4.78, 5) is 11.2. The fraction of sp³-hybridized carbons (Fsp3) is 0.278. The molecule has 3 rings (SSSR count). The monoisotopic (exact) mass is 323 g/mol. The van der Waals surface area contributed by atoms with Gasteiger partial charge in [-0.1, -0.05) is 35.5 Å². The Hall–Kier alpha value is -2.89. The molecule has 0 spiro atoms. The van der Waals surface area contributed by atoms with Gasteiger partial charge in [0.15, 0.2) is 5.82 Å². The Morgan fingerprint density at radius 2 is 1.92 bits per heavy atom. The Balaban J connectivity index is 1.81. The first kappa shape index (κ1) is 16.0. The number of aromatic nitrogens is 3. The molecule has 24 heavy (non-hydrogen) atoms. The second-order valence-corrected chi connectivity index (χ2v) is 5.90. The van der Waals surface area contributed by atoms with Crippen LogP contribution in [-0.2, 0) is 6.54 Å². The molecule has 6 nitrogen and oxygen atoms in total. The van der Waals surface area contributed by atoms with E-state index < -0.39 is 0 Å². The van der Waals surface area contributed by atoms with Gasteiger partial charge in [0.1, 0.15) is 11.6 Å². The molecule has 2 heterocycles. The summed E-state index contributed by atoms with van der Waals surface area (Å²) in [7, 11) is 0. The molecule has 0 fully saturated rings. The van der Waals surface area contributed by atoms with E-state index in [1.807, 2.05) is 37.3 Å². The van der Waals surface area contributed by atoms with E-state index in [0.717, 1.165) is 12.3 Å². The number of hydrogen-bond donors (Lipinski definition) is 1. The first-order valence-corrected chi connectivity index (χ1v) is 7.96. The van der Waals surface area contributed by atoms with E-state index in [9.17, 15) is 0 Å². The summed E-state index contributed by atoms with van der Waals surface area (Å²) in [6.07, 6.45) is 1.75. The first-order valence-electron chi connectivity index (χ1n) is 7.96. The molecule has 124 valence electrons. The van der Waals surface area contributed by atoms with Gasteiger partial charge in [0.2, 0.25) is 5.95 Å². The lowest BCUT2D eigenvalue weighted by atomic mass is 10.2. The van der Waals surface area contributed by atoms with Crippen molar-refractivity contribution in [1.82, 2.24) is 15.1 Å². The third-order valence-electron chi connectivity index (χ3n) is 3.60. The van der Waals surface area contributed by atoms with Gasteiger partial charge < -0.3 is 14.7 Å². The molecule has 1 aromatic carbocycles. The summed E-state index contributed by atoms with van der Waals surface area (Å²) >= 11 is 0. The topological polar surface area (TPSA) is 67.1 Å². The molecule has 0 atom stereocenters. The summed E-state index contributed by atoms with van der Waals surface area (Å²) in [5.41, 5.74) is 1.22. The average molecular weight is 323 g/mol. The molecule has 2 aromatic heterocycles. The van der Waals surface area contributed by atoms with E-state index >= 15 is 0 Å². The van der Waals surface area contributed by atoms with Crippen molar-refractivity contribution >= 4 is 17.6 Å². The second-order valence-electron chi connectivity index (χ2n) is 5.90. The molecule has 0 aliphatic rings. The summed E-state index contributed by atoms with van der Waals surface area (Å²) in [5, 5.41) is 7.07. The lowest BCUT2D eigenvalue weighted by Crippen LogP contribution is -2.31. The van der Waals surface area contributed by atoms with Gasteiger partial charge in [-0.3, -0.25) is 0 Å². The zero-order valence-corrected chi connectivity index (χ0v) is 14.1. The zero-order valence-electron chi connectivity index (χ0n) is 14.1. The van der Waals surface area contributed by atoms with E-state index in [2.05, 4.69) is 51.3 Å². The predicted octanol–water partition coefficient (Wildman–Crippen LogP) is 3.93. The molecule has 0 amide bonds. The molecule has 0 bridgehead atoms. The Bertz CT molecular complexity index is 785. The molecule has 0 unspecified atom stereocenters. The molecule has 0 saturated carbocycles. The lowest BCUT2D eigenvalue weighted by molar-refractivity contribution is 0.400. The number of benzene rings is 1. The van der Waals surface area contributed by atoms with E-state index in [1.165, 1.54) is 5.56 Å². The fourth-order valence-electron chi connectivity index (χ4n) is 2.38. The minimum atomic E-state index is 0.273. The Kier molecular flexibility index (Phi) is 4.74. The maximum absolute atomic E-state index is 5.07. The highest BCUT2D eigenvalue weighted by Crippen LogP contribution is 2.19. The highest BCUT2D eigenvalue weighted by Gasteiger charge is 2.15. The van der Waals surface area contributed by atoms with Crippen molar-refractivity contribution in [2.45, 2.75) is 33.4 Å². The largest absolute Gasteiger partial charge is 0.360 e. The van der Waals surface area contributed by atoms with Crippen LogP contribution < -0.4 is 10.2 Å². The summed E-state index contributed by atoms with van der Waals surface area (Å²) < 4.78 is 5.07. The quantitative estimate of drug-likeness (QED) is 0.741. The summed E-state index contributed by atoms with van der Waals surface area (Å²) in [5.74, 6) is 2.75. The van der Waals surface area contributed by atoms with Crippen LogP contribution in [0.5, 0.6) is 0 Å². The van der Waals surface area contributed by atoms with Crippen molar-refractivity contribution in [2.75, 3.05) is 10.2 Å². The predicted molar refractivity (Wildman–Crippen MR) is 94.3 cm³/mol. The van der Waals surface area contributed by atoms with E-state index in [1.54, 1.807) is 6.20 Å². The average Bonchev–Trinajstić information content (AvgIpc) is 2.98. The molecule has 1 N–H and O–H groups in total. The van der Waals surface area contributed by atoms with Gasteiger partial charge >= 0.3 is 0 Å². The van der Waals surface area contributed by atoms with E-state index in [4.69, 9.17) is 4.52 Å². The van der Waals surface area contributed by atoms with Crippen LogP contribution in [0.3, 0.4) is 0 Å². The van der Waals surface area contributed by atoms with Crippen molar-refractivity contribution in [1.29, 1.82) is 0 Å². The highest BCUT2D eigenvalue weighted by molar-refractivity contribution is 5.53. The van der Waals surface area contributed by atoms with Crippen LogP contribution >= 0.6 is 0 Å². The molecular formula is C18H21N5O. The van der Waals surface area contributed by atoms with Gasteiger partial charge in [-0.25, -0.2) is 4.98 Å². The fourth-order valence-corrected chi connectivity index (χ4v) is 2.38. The number of aryl methyl sites for hydroxylation is 1. The van der Waals surface area contributed by atoms with Gasteiger partial charge in [0, 0.05) is 24.8 Å². The normalized spacial score (nSPS) is 10.8. The van der Waals surface area contributed by atoms with Crippen LogP contribution in [0.1, 0.15) is 25.2 Å². The minimum Gasteiger partial charge on any atom is -0.360 e. The van der Waals surface area contributed by atoms with Crippen LogP contribution in [0.4, 0.5) is 17.6 Å². The van der Waals surface area contributed by atoms with Gasteiger partial charge in [0.05, 0.1) is 0 Å². The number of nitrogens with zero attached hydrogens (tertiary/aromatic N) is 4. The second kappa shape index (κ2) is 7.12. The van der Waals surface area contributed by atoms with E-state index in [0.29, 0.717) is 17.6 Å². The molecular weight excluding hydrogens is 302 g/mol. The van der Waals surface area contributed by atoms with Crippen molar-refractivity contribution in [3.05, 3.63) is 60.0 Å². The van der Waals surface area contributed by atoms with Gasteiger partial charge in [0.25, 0.3) is 0 Å². The number of rotatable bonds is 6. The SMILES string of the molecule is Cc1cc(Nc2ccnc(N(Cc3ccccc3)C(C)C)n2)no1. The van der Waals surface area contributed by atoms with Gasteiger partial charge in [-0.2, -0.15) is 4.98 Å². The Labute approximate surface area is 141 Å². The maximum Gasteiger partial charge on any atom is 0.227 e. The summed E-state index contributed by atoms with van der Waals surface area (Å²) in [6, 6.07) is 14.2. The Morgan fingerprint density at radius 3 is 2.58 bits per heavy atom. The zero-order chi connectivity index (χ0) is 16.9. The van der Waals surface area contributed by atoms with Crippen LogP contribution in [0.15, 0.2) is 53.2 Å². The van der Waals surface area contributed by atoms with Crippen molar-refractivity contribution < 1.29 is 4.52 Å². The van der Waals surface area contributed by atoms with Crippen LogP contribution in [0, 0.1) is 6.92 Å². The number of hydrogen-bond acceptors (Lipinski definition) is 6. The van der Waals surface area contributed by atoms with Crippen molar-refractivity contribution in [3.8, 4) is 0 Å². The third kappa shape index (κ3) is 3.90. The summed E-state index contributed by atoms with van der Waals surface area (Å²) in [6.45, 7) is 6.87. The Morgan fingerprint density at radius 1 is 1.12 bits per heavy atom. The van der Waals surface area contributed by atoms with Gasteiger partial charge in [-0.15, -0.1) is 0 Å². The smallest absolute Gasteiger partial charge is 0.227 e. The molecule has 3 aromatic rings. The van der Waals surface area contributed by atoms with Crippen LogP contribution in [0.2, 0.25) is 0 Å². The minimum absolute atomic E-state index is 0.273. The number of anilines is 3.